The summed E-state index contributed by atoms with van der Waals surface area (Å²) in [6.45, 7) is 1.95. The molecule has 0 spiro atoms. The summed E-state index contributed by atoms with van der Waals surface area (Å²) in [7, 11) is -2.15. The molecular weight excluding hydrogens is 370 g/mol. The molecule has 3 rings (SSSR count). The summed E-state index contributed by atoms with van der Waals surface area (Å²) in [6.07, 6.45) is 1.61. The van der Waals surface area contributed by atoms with Crippen LogP contribution in [0.1, 0.15) is 35.0 Å². The summed E-state index contributed by atoms with van der Waals surface area (Å²) in [5.41, 5.74) is 1.68. The molecule has 1 N–H and O–H groups in total. The van der Waals surface area contributed by atoms with Gasteiger partial charge in [0.05, 0.1) is 22.8 Å². The van der Waals surface area contributed by atoms with E-state index in [2.05, 4.69) is 9.82 Å². The Hall–Kier alpha value is -2.52. The number of hydrogen-bond donors (Lipinski definition) is 1. The second kappa shape index (κ2) is 7.61. The maximum absolute atomic E-state index is 12.6. The Bertz CT molecular complexity index is 1010. The molecule has 1 aromatic carbocycles. The van der Waals surface area contributed by atoms with Gasteiger partial charge in [0.15, 0.2) is 0 Å². The van der Waals surface area contributed by atoms with Crippen molar-refractivity contribution in [3.63, 3.8) is 0 Å². The third kappa shape index (κ3) is 4.25. The highest BCUT2D eigenvalue weighted by atomic mass is 32.2. The monoisotopic (exact) mass is 391 g/mol. The van der Waals surface area contributed by atoms with Gasteiger partial charge in [0, 0.05) is 19.2 Å². The molecular formula is C18H21N3O5S. The van der Waals surface area contributed by atoms with Crippen LogP contribution in [0.5, 0.6) is 0 Å². The van der Waals surface area contributed by atoms with Gasteiger partial charge in [-0.2, -0.15) is 5.10 Å². The molecule has 1 aliphatic rings. The highest BCUT2D eigenvalue weighted by Gasteiger charge is 2.26. The number of nitrogens with zero attached hydrogens (tertiary/aromatic N) is 2. The van der Waals surface area contributed by atoms with Crippen molar-refractivity contribution < 1.29 is 17.9 Å². The third-order valence-electron chi connectivity index (χ3n) is 4.45. The van der Waals surface area contributed by atoms with Gasteiger partial charge in [-0.3, -0.25) is 4.79 Å². The molecule has 144 valence electrons. The zero-order valence-electron chi connectivity index (χ0n) is 15.1. The zero-order chi connectivity index (χ0) is 19.6. The number of aromatic nitrogens is 2. The second-order valence-corrected chi connectivity index (χ2v) is 8.10. The van der Waals surface area contributed by atoms with Gasteiger partial charge in [-0.15, -0.1) is 0 Å². The van der Waals surface area contributed by atoms with Crippen LogP contribution in [0.4, 0.5) is 0 Å². The van der Waals surface area contributed by atoms with Crippen LogP contribution in [0, 0.1) is 0 Å². The van der Waals surface area contributed by atoms with E-state index in [-0.39, 0.29) is 23.1 Å². The van der Waals surface area contributed by atoms with Gasteiger partial charge in [0.25, 0.3) is 5.56 Å². The fourth-order valence-corrected chi connectivity index (χ4v) is 4.33. The molecule has 0 amide bonds. The van der Waals surface area contributed by atoms with E-state index in [1.807, 2.05) is 0 Å². The van der Waals surface area contributed by atoms with E-state index < -0.39 is 16.0 Å². The fraction of sp³-hybridized carbons (Fsp3) is 0.389. The van der Waals surface area contributed by atoms with Gasteiger partial charge in [-0.25, -0.2) is 22.6 Å². The van der Waals surface area contributed by atoms with Gasteiger partial charge < -0.3 is 4.74 Å². The normalized spacial score (nSPS) is 16.6. The van der Waals surface area contributed by atoms with Gasteiger partial charge in [-0.1, -0.05) is 0 Å². The Kier molecular flexibility index (Phi) is 5.43. The lowest BCUT2D eigenvalue weighted by Crippen LogP contribution is -2.40. The molecule has 27 heavy (non-hydrogen) atoms. The molecule has 0 aliphatic heterocycles. The quantitative estimate of drug-likeness (QED) is 0.755. The van der Waals surface area contributed by atoms with Crippen molar-refractivity contribution in [2.45, 2.75) is 37.1 Å². The Morgan fingerprint density at radius 3 is 2.70 bits per heavy atom. The molecule has 0 fully saturated rings. The van der Waals surface area contributed by atoms with Crippen molar-refractivity contribution in [3.05, 3.63) is 57.5 Å². The standard InChI is InChI=1S/C18H21N3O5S/c1-3-26-18(23)12-4-7-15(8-5-12)27(24,25)20-14-6-9-16-13(10-14)11-17(22)21(2)19-16/h4-5,7-8,11,14,20H,3,6,9-10H2,1-2H3. The van der Waals surface area contributed by atoms with Crippen LogP contribution < -0.4 is 10.3 Å². The number of carbonyl (C=O) groups excluding carboxylic acids is 1. The molecule has 1 heterocycles. The first-order valence-corrected chi connectivity index (χ1v) is 10.1. The second-order valence-electron chi connectivity index (χ2n) is 6.38. The Balaban J connectivity index is 1.74. The molecule has 1 aliphatic carbocycles. The van der Waals surface area contributed by atoms with Crippen molar-refractivity contribution in [2.24, 2.45) is 7.05 Å². The van der Waals surface area contributed by atoms with Crippen molar-refractivity contribution in [1.82, 2.24) is 14.5 Å². The summed E-state index contributed by atoms with van der Waals surface area (Å²) < 4.78 is 34.1. The van der Waals surface area contributed by atoms with E-state index in [1.165, 1.54) is 35.0 Å². The highest BCUT2D eigenvalue weighted by molar-refractivity contribution is 7.89. The van der Waals surface area contributed by atoms with Crippen LogP contribution in [0.2, 0.25) is 0 Å². The summed E-state index contributed by atoms with van der Waals surface area (Å²) in [5, 5.41) is 4.23. The first kappa shape index (κ1) is 19.2. The van der Waals surface area contributed by atoms with Crippen molar-refractivity contribution in [1.29, 1.82) is 0 Å². The first-order valence-electron chi connectivity index (χ1n) is 8.66. The molecule has 0 saturated heterocycles. The van der Waals surface area contributed by atoms with Crippen molar-refractivity contribution in [3.8, 4) is 0 Å². The van der Waals surface area contributed by atoms with Crippen molar-refractivity contribution >= 4 is 16.0 Å². The van der Waals surface area contributed by atoms with E-state index in [9.17, 15) is 18.0 Å². The van der Waals surface area contributed by atoms with Gasteiger partial charge >= 0.3 is 5.97 Å². The zero-order valence-corrected chi connectivity index (χ0v) is 16.0. The lowest BCUT2D eigenvalue weighted by Gasteiger charge is -2.24. The van der Waals surface area contributed by atoms with Crippen LogP contribution in [-0.2, 0) is 34.6 Å². The lowest BCUT2D eigenvalue weighted by atomic mass is 9.93. The number of ether oxygens (including phenoxy) is 1. The summed E-state index contributed by atoms with van der Waals surface area (Å²) in [6, 6.07) is 6.80. The summed E-state index contributed by atoms with van der Waals surface area (Å²) in [5.74, 6) is -0.493. The molecule has 0 bridgehead atoms. The molecule has 1 aromatic heterocycles. The largest absolute Gasteiger partial charge is 0.462 e. The molecule has 2 aromatic rings. The average Bonchev–Trinajstić information content (AvgIpc) is 2.63. The maximum Gasteiger partial charge on any atom is 0.338 e. The minimum Gasteiger partial charge on any atom is -0.462 e. The topological polar surface area (TPSA) is 107 Å². The molecule has 0 radical (unpaired) electrons. The van der Waals surface area contributed by atoms with Crippen LogP contribution in [0.15, 0.2) is 40.0 Å². The lowest BCUT2D eigenvalue weighted by molar-refractivity contribution is 0.0526. The van der Waals surface area contributed by atoms with Gasteiger partial charge in [0.2, 0.25) is 10.0 Å². The first-order chi connectivity index (χ1) is 12.8. The highest BCUT2D eigenvalue weighted by Crippen LogP contribution is 2.20. The molecule has 9 heteroatoms. The number of aryl methyl sites for hydroxylation is 2. The molecule has 1 atom stereocenters. The Morgan fingerprint density at radius 1 is 1.33 bits per heavy atom. The molecule has 1 unspecified atom stereocenters. The maximum atomic E-state index is 12.6. The smallest absolute Gasteiger partial charge is 0.338 e. The Morgan fingerprint density at radius 2 is 2.04 bits per heavy atom. The van der Waals surface area contributed by atoms with Crippen LogP contribution in [0.25, 0.3) is 0 Å². The number of carbonyl (C=O) groups is 1. The predicted molar refractivity (Wildman–Crippen MR) is 98.0 cm³/mol. The van der Waals surface area contributed by atoms with Gasteiger partial charge in [0.1, 0.15) is 0 Å². The number of esters is 1. The van der Waals surface area contributed by atoms with E-state index >= 15 is 0 Å². The number of fused-ring (bicyclic) bond motifs is 1. The fourth-order valence-electron chi connectivity index (χ4n) is 3.06. The number of sulfonamides is 1. The third-order valence-corrected chi connectivity index (χ3v) is 5.99. The van der Waals surface area contributed by atoms with E-state index in [0.29, 0.717) is 24.8 Å². The number of rotatable bonds is 5. The summed E-state index contributed by atoms with van der Waals surface area (Å²) in [4.78, 5) is 23.5. The number of hydrogen-bond acceptors (Lipinski definition) is 6. The van der Waals surface area contributed by atoms with Crippen molar-refractivity contribution in [2.75, 3.05) is 6.61 Å². The van der Waals surface area contributed by atoms with Crippen LogP contribution in [0.3, 0.4) is 0 Å². The molecule has 0 saturated carbocycles. The summed E-state index contributed by atoms with van der Waals surface area (Å²) >= 11 is 0. The SMILES string of the molecule is CCOC(=O)c1ccc(S(=O)(=O)NC2CCc3nn(C)c(=O)cc3C2)cc1. The molecule has 8 nitrogen and oxygen atoms in total. The van der Waals surface area contributed by atoms with E-state index in [4.69, 9.17) is 4.74 Å². The van der Waals surface area contributed by atoms with Crippen LogP contribution >= 0.6 is 0 Å². The Labute approximate surface area is 157 Å². The number of nitrogens with one attached hydrogen (secondary N) is 1. The minimum atomic E-state index is -3.74. The van der Waals surface area contributed by atoms with Gasteiger partial charge in [-0.05, 0) is 56.0 Å². The minimum absolute atomic E-state index is 0.0726. The average molecular weight is 391 g/mol. The number of benzene rings is 1. The van der Waals surface area contributed by atoms with Crippen LogP contribution in [-0.4, -0.2) is 36.8 Å². The predicted octanol–water partition coefficient (Wildman–Crippen LogP) is 0.793. The van der Waals surface area contributed by atoms with E-state index in [1.54, 1.807) is 14.0 Å². The van der Waals surface area contributed by atoms with E-state index in [0.717, 1.165) is 11.3 Å².